The third-order valence-electron chi connectivity index (χ3n) is 7.49. The molecule has 41 heavy (non-hydrogen) atoms. The first-order valence-corrected chi connectivity index (χ1v) is 16.6. The van der Waals surface area contributed by atoms with Crippen molar-refractivity contribution < 1.29 is 38.2 Å². The summed E-state index contributed by atoms with van der Waals surface area (Å²) in [4.78, 5) is 36.0. The largest absolute Gasteiger partial charge is 0.544 e. The standard InChI is InChI=1S/C33H63NO7/c1-6-8-10-11-12-13-14-15-16-17-18-19-20-22-24-32(36)41-29(28-40-31(35)23-21-9-7-2)27-39-26-25-30(33(37)38)34(3,4)5/h29-30H,6-28H2,1-5H3. The van der Waals surface area contributed by atoms with Gasteiger partial charge in [-0.1, -0.05) is 110 Å². The first-order valence-electron chi connectivity index (χ1n) is 16.6. The third-order valence-corrected chi connectivity index (χ3v) is 7.49. The molecule has 0 saturated carbocycles. The molecular weight excluding hydrogens is 522 g/mol. The molecule has 0 rings (SSSR count). The van der Waals surface area contributed by atoms with Crippen molar-refractivity contribution in [2.24, 2.45) is 0 Å². The first-order chi connectivity index (χ1) is 19.6. The SMILES string of the molecule is CCCCCCCCCCCCCCCCC(=O)OC(COCCC(C(=O)[O-])[N+](C)(C)C)COC(=O)CCCCC. The second-order valence-electron chi connectivity index (χ2n) is 12.4. The molecule has 0 amide bonds. The Labute approximate surface area is 251 Å². The molecule has 2 atom stereocenters. The summed E-state index contributed by atoms with van der Waals surface area (Å²) in [6.07, 6.45) is 20.5. The van der Waals surface area contributed by atoms with Crippen LogP contribution in [0.4, 0.5) is 0 Å². The monoisotopic (exact) mass is 585 g/mol. The fourth-order valence-electron chi connectivity index (χ4n) is 4.83. The molecule has 0 saturated heterocycles. The summed E-state index contributed by atoms with van der Waals surface area (Å²) in [7, 11) is 5.38. The van der Waals surface area contributed by atoms with Crippen molar-refractivity contribution in [3.63, 3.8) is 0 Å². The van der Waals surface area contributed by atoms with Crippen LogP contribution in [0.3, 0.4) is 0 Å². The van der Waals surface area contributed by atoms with Crippen LogP contribution in [0.15, 0.2) is 0 Å². The van der Waals surface area contributed by atoms with Gasteiger partial charge >= 0.3 is 11.9 Å². The van der Waals surface area contributed by atoms with Crippen LogP contribution in [0.1, 0.15) is 142 Å². The quantitative estimate of drug-likeness (QED) is 0.0592. The molecule has 0 spiro atoms. The van der Waals surface area contributed by atoms with Crippen LogP contribution < -0.4 is 5.11 Å². The van der Waals surface area contributed by atoms with Gasteiger partial charge in [0.2, 0.25) is 0 Å². The number of esters is 2. The van der Waals surface area contributed by atoms with Crippen molar-refractivity contribution in [3.8, 4) is 0 Å². The number of hydrogen-bond acceptors (Lipinski definition) is 7. The van der Waals surface area contributed by atoms with Gasteiger partial charge in [-0.3, -0.25) is 9.59 Å². The number of likely N-dealkylation sites (N-methyl/N-ethyl adjacent to an activating group) is 1. The van der Waals surface area contributed by atoms with E-state index in [1.54, 1.807) is 21.1 Å². The zero-order valence-corrected chi connectivity index (χ0v) is 27.2. The highest BCUT2D eigenvalue weighted by molar-refractivity contribution is 5.70. The highest BCUT2D eigenvalue weighted by Crippen LogP contribution is 2.14. The summed E-state index contributed by atoms with van der Waals surface area (Å²) in [5.74, 6) is -1.76. The van der Waals surface area contributed by atoms with E-state index in [-0.39, 0.29) is 42.7 Å². The number of carboxylic acid groups (broad SMARTS) is 1. The van der Waals surface area contributed by atoms with Crippen LogP contribution in [-0.2, 0) is 28.6 Å². The van der Waals surface area contributed by atoms with E-state index in [0.717, 1.165) is 38.5 Å². The van der Waals surface area contributed by atoms with E-state index in [4.69, 9.17) is 14.2 Å². The smallest absolute Gasteiger partial charge is 0.306 e. The summed E-state index contributed by atoms with van der Waals surface area (Å²) in [6, 6.07) is -0.715. The maximum Gasteiger partial charge on any atom is 0.306 e. The maximum absolute atomic E-state index is 12.5. The number of quaternary nitrogens is 1. The molecule has 8 heteroatoms. The third kappa shape index (κ3) is 24.6. The Morgan fingerprint density at radius 2 is 1.07 bits per heavy atom. The minimum atomic E-state index is -1.13. The molecule has 242 valence electrons. The molecule has 0 heterocycles. The number of ether oxygens (including phenoxy) is 3. The predicted molar refractivity (Wildman–Crippen MR) is 162 cm³/mol. The Morgan fingerprint density at radius 1 is 0.634 bits per heavy atom. The lowest BCUT2D eigenvalue weighted by Gasteiger charge is -2.34. The first kappa shape index (κ1) is 39.3. The highest BCUT2D eigenvalue weighted by atomic mass is 16.6. The van der Waals surface area contributed by atoms with Crippen LogP contribution in [0.5, 0.6) is 0 Å². The Morgan fingerprint density at radius 3 is 1.56 bits per heavy atom. The van der Waals surface area contributed by atoms with Crippen LogP contribution in [0, 0.1) is 0 Å². The number of carbonyl (C=O) groups excluding carboxylic acids is 3. The second kappa shape index (κ2) is 26.0. The van der Waals surface area contributed by atoms with E-state index in [0.29, 0.717) is 12.8 Å². The van der Waals surface area contributed by atoms with Gasteiger partial charge in [-0.15, -0.1) is 0 Å². The molecular formula is C33H63NO7. The van der Waals surface area contributed by atoms with E-state index < -0.39 is 18.1 Å². The number of carboxylic acids is 1. The van der Waals surface area contributed by atoms with Crippen molar-refractivity contribution in [3.05, 3.63) is 0 Å². The molecule has 0 N–H and O–H groups in total. The van der Waals surface area contributed by atoms with Crippen molar-refractivity contribution in [2.75, 3.05) is 41.0 Å². The number of hydrogen-bond donors (Lipinski definition) is 0. The van der Waals surface area contributed by atoms with Crippen molar-refractivity contribution in [1.82, 2.24) is 0 Å². The summed E-state index contributed by atoms with van der Waals surface area (Å²) in [5, 5.41) is 11.5. The molecule has 0 aromatic rings. The van der Waals surface area contributed by atoms with E-state index in [2.05, 4.69) is 13.8 Å². The molecule has 0 aliphatic rings. The number of unbranched alkanes of at least 4 members (excludes halogenated alkanes) is 15. The van der Waals surface area contributed by atoms with Crippen molar-refractivity contribution >= 4 is 17.9 Å². The normalized spacial score (nSPS) is 13.1. The van der Waals surface area contributed by atoms with Gasteiger partial charge in [-0.25, -0.2) is 0 Å². The van der Waals surface area contributed by atoms with Crippen molar-refractivity contribution in [2.45, 2.75) is 154 Å². The number of carbonyl (C=O) groups is 3. The van der Waals surface area contributed by atoms with E-state index >= 15 is 0 Å². The molecule has 0 fully saturated rings. The van der Waals surface area contributed by atoms with Crippen LogP contribution in [0.2, 0.25) is 0 Å². The molecule has 0 radical (unpaired) electrons. The van der Waals surface area contributed by atoms with E-state index in [1.165, 1.54) is 70.6 Å². The fourth-order valence-corrected chi connectivity index (χ4v) is 4.83. The Kier molecular flexibility index (Phi) is 24.9. The fraction of sp³-hybridized carbons (Fsp3) is 0.909. The summed E-state index contributed by atoms with van der Waals surface area (Å²) in [5.41, 5.74) is 0. The van der Waals surface area contributed by atoms with Gasteiger partial charge in [0.05, 0.1) is 40.3 Å². The van der Waals surface area contributed by atoms with Gasteiger partial charge in [0.15, 0.2) is 6.10 Å². The minimum Gasteiger partial charge on any atom is -0.544 e. The van der Waals surface area contributed by atoms with Gasteiger partial charge in [-0.2, -0.15) is 0 Å². The zero-order chi connectivity index (χ0) is 30.8. The average molecular weight is 586 g/mol. The van der Waals surface area contributed by atoms with Gasteiger partial charge in [0.1, 0.15) is 12.6 Å². The summed E-state index contributed by atoms with van der Waals surface area (Å²) in [6.45, 7) is 4.48. The Balaban J connectivity index is 4.27. The minimum absolute atomic E-state index is 0.0453. The molecule has 2 unspecified atom stereocenters. The molecule has 0 bridgehead atoms. The average Bonchev–Trinajstić information content (AvgIpc) is 2.90. The van der Waals surface area contributed by atoms with Gasteiger partial charge in [0, 0.05) is 19.3 Å². The predicted octanol–water partition coefficient (Wildman–Crippen LogP) is 6.12. The van der Waals surface area contributed by atoms with Gasteiger partial charge in [0.25, 0.3) is 0 Å². The Bertz CT molecular complexity index is 662. The van der Waals surface area contributed by atoms with E-state index in [1.807, 2.05) is 0 Å². The molecule has 0 aromatic carbocycles. The highest BCUT2D eigenvalue weighted by Gasteiger charge is 2.25. The summed E-state index contributed by atoms with van der Waals surface area (Å²) < 4.78 is 16.8. The van der Waals surface area contributed by atoms with Crippen molar-refractivity contribution in [1.29, 1.82) is 0 Å². The molecule has 0 aliphatic carbocycles. The maximum atomic E-state index is 12.5. The van der Waals surface area contributed by atoms with Crippen LogP contribution in [-0.4, -0.2) is 75.5 Å². The Hall–Kier alpha value is -1.67. The molecule has 8 nitrogen and oxygen atoms in total. The number of nitrogens with zero attached hydrogens (tertiary/aromatic N) is 1. The molecule has 0 aliphatic heterocycles. The lowest BCUT2D eigenvalue weighted by Crippen LogP contribution is -2.55. The van der Waals surface area contributed by atoms with Crippen LogP contribution >= 0.6 is 0 Å². The number of rotatable bonds is 29. The molecule has 0 aromatic heterocycles. The van der Waals surface area contributed by atoms with Gasteiger partial charge in [-0.05, 0) is 12.8 Å². The lowest BCUT2D eigenvalue weighted by atomic mass is 10.0. The lowest BCUT2D eigenvalue weighted by molar-refractivity contribution is -0.889. The topological polar surface area (TPSA) is 102 Å². The van der Waals surface area contributed by atoms with E-state index in [9.17, 15) is 19.5 Å². The second-order valence-corrected chi connectivity index (χ2v) is 12.4. The van der Waals surface area contributed by atoms with Crippen LogP contribution in [0.25, 0.3) is 0 Å². The summed E-state index contributed by atoms with van der Waals surface area (Å²) >= 11 is 0. The van der Waals surface area contributed by atoms with Gasteiger partial charge < -0.3 is 28.6 Å². The number of aliphatic carboxylic acids is 1. The zero-order valence-electron chi connectivity index (χ0n) is 27.2.